The lowest BCUT2D eigenvalue weighted by atomic mass is 10.6. The molecule has 0 saturated heterocycles. The van der Waals surface area contributed by atoms with Gasteiger partial charge in [0.15, 0.2) is 0 Å². The molecule has 0 fully saturated rings. The second kappa shape index (κ2) is 7.43. The maximum Gasteiger partial charge on any atom is 0.300 e. The van der Waals surface area contributed by atoms with Crippen molar-refractivity contribution < 1.29 is 14.7 Å². The van der Waals surface area contributed by atoms with Crippen molar-refractivity contribution >= 4 is 22.8 Å². The molecule has 0 aromatic heterocycles. The van der Waals surface area contributed by atoms with Gasteiger partial charge in [-0.1, -0.05) is 6.92 Å². The Morgan fingerprint density at radius 2 is 1.67 bits per heavy atom. The highest BCUT2D eigenvalue weighted by atomic mass is 35.5. The predicted octanol–water partition coefficient (Wildman–Crippen LogP) is 1.25. The van der Waals surface area contributed by atoms with E-state index in [-0.39, 0.29) is 5.24 Å². The lowest BCUT2D eigenvalue weighted by Gasteiger charge is -1.68. The summed E-state index contributed by atoms with van der Waals surface area (Å²) in [4.78, 5) is 18.6. The Bertz CT molecular complexity index is 96.4. The lowest BCUT2D eigenvalue weighted by Crippen LogP contribution is -1.78. The number of hydrogen-bond donors (Lipinski definition) is 1. The van der Waals surface area contributed by atoms with Crippen molar-refractivity contribution in [2.24, 2.45) is 0 Å². The van der Waals surface area contributed by atoms with E-state index >= 15 is 0 Å². The Labute approximate surface area is 58.6 Å². The van der Waals surface area contributed by atoms with Gasteiger partial charge in [-0.25, -0.2) is 0 Å². The molecule has 54 valence electrons. The van der Waals surface area contributed by atoms with Crippen LogP contribution in [0.5, 0.6) is 0 Å². The van der Waals surface area contributed by atoms with E-state index in [9.17, 15) is 4.79 Å². The lowest BCUT2D eigenvalue weighted by molar-refractivity contribution is -0.134. The van der Waals surface area contributed by atoms with Crippen molar-refractivity contribution in [1.29, 1.82) is 0 Å². The van der Waals surface area contributed by atoms with Crippen LogP contribution in [-0.4, -0.2) is 16.3 Å². The molecule has 0 heterocycles. The monoisotopic (exact) mass is 152 g/mol. The zero-order valence-electron chi connectivity index (χ0n) is 5.35. The van der Waals surface area contributed by atoms with Crippen LogP contribution < -0.4 is 0 Å². The second-order valence-corrected chi connectivity index (χ2v) is 1.65. The molecule has 0 saturated carbocycles. The summed E-state index contributed by atoms with van der Waals surface area (Å²) in [7, 11) is 0. The van der Waals surface area contributed by atoms with Gasteiger partial charge in [-0.05, 0) is 11.6 Å². The molecular weight excluding hydrogens is 144 g/mol. The van der Waals surface area contributed by atoms with Crippen LogP contribution in [0.4, 0.5) is 0 Å². The van der Waals surface area contributed by atoms with Crippen molar-refractivity contribution in [3.63, 3.8) is 0 Å². The van der Waals surface area contributed by atoms with Crippen molar-refractivity contribution in [2.45, 2.75) is 20.3 Å². The van der Waals surface area contributed by atoms with Gasteiger partial charge in [-0.3, -0.25) is 9.59 Å². The predicted molar refractivity (Wildman–Crippen MR) is 34.5 cm³/mol. The molecule has 3 nitrogen and oxygen atoms in total. The van der Waals surface area contributed by atoms with Gasteiger partial charge in [-0.2, -0.15) is 0 Å². The molecule has 4 heteroatoms. The minimum absolute atomic E-state index is 0.273. The molecular formula is C5H9ClO3. The van der Waals surface area contributed by atoms with Gasteiger partial charge in [0.1, 0.15) is 0 Å². The standard InChI is InChI=1S/C3H5ClO.C2H4O2/c1-2-3(4)5;1-2(3)4/h2H2,1H3;1H3,(H,3,4). The summed E-state index contributed by atoms with van der Waals surface area (Å²) in [6.07, 6.45) is 0.432. The Morgan fingerprint density at radius 3 is 1.67 bits per heavy atom. The fraction of sp³-hybridized carbons (Fsp3) is 0.600. The largest absolute Gasteiger partial charge is 0.481 e. The molecule has 0 atom stereocenters. The molecule has 0 aromatic carbocycles. The Balaban J connectivity index is 0. The summed E-state index contributed by atoms with van der Waals surface area (Å²) >= 11 is 4.82. The van der Waals surface area contributed by atoms with Gasteiger partial charge in [0, 0.05) is 13.3 Å². The minimum Gasteiger partial charge on any atom is -0.481 e. The average molecular weight is 153 g/mol. The van der Waals surface area contributed by atoms with Crippen molar-refractivity contribution in [2.75, 3.05) is 0 Å². The third-order valence-corrected chi connectivity index (χ3v) is 0.545. The van der Waals surface area contributed by atoms with Crippen LogP contribution in [0.3, 0.4) is 0 Å². The molecule has 0 aliphatic carbocycles. The van der Waals surface area contributed by atoms with Gasteiger partial charge < -0.3 is 5.11 Å². The van der Waals surface area contributed by atoms with Crippen molar-refractivity contribution in [3.05, 3.63) is 0 Å². The van der Waals surface area contributed by atoms with Crippen LogP contribution in [0.1, 0.15) is 20.3 Å². The maximum absolute atomic E-state index is 9.58. The van der Waals surface area contributed by atoms with E-state index in [2.05, 4.69) is 0 Å². The first-order valence-electron chi connectivity index (χ1n) is 2.38. The van der Waals surface area contributed by atoms with E-state index in [0.717, 1.165) is 6.92 Å². The molecule has 0 radical (unpaired) electrons. The van der Waals surface area contributed by atoms with E-state index in [0.29, 0.717) is 6.42 Å². The summed E-state index contributed by atoms with van der Waals surface area (Å²) in [6.45, 7) is 2.80. The zero-order valence-corrected chi connectivity index (χ0v) is 6.10. The van der Waals surface area contributed by atoms with Crippen LogP contribution in [0.2, 0.25) is 0 Å². The molecule has 0 aliphatic heterocycles. The molecule has 0 bridgehead atoms. The molecule has 0 rings (SSSR count). The smallest absolute Gasteiger partial charge is 0.300 e. The van der Waals surface area contributed by atoms with Crippen LogP contribution in [-0.2, 0) is 9.59 Å². The molecule has 0 aliphatic rings. The molecule has 1 N–H and O–H groups in total. The molecule has 0 unspecified atom stereocenters. The van der Waals surface area contributed by atoms with Gasteiger partial charge in [-0.15, -0.1) is 0 Å². The first kappa shape index (κ1) is 11.3. The first-order valence-corrected chi connectivity index (χ1v) is 2.76. The van der Waals surface area contributed by atoms with E-state index in [4.69, 9.17) is 21.5 Å². The van der Waals surface area contributed by atoms with E-state index in [1.54, 1.807) is 6.92 Å². The van der Waals surface area contributed by atoms with Crippen LogP contribution in [0.15, 0.2) is 0 Å². The van der Waals surface area contributed by atoms with Crippen LogP contribution in [0, 0.1) is 0 Å². The van der Waals surface area contributed by atoms with Gasteiger partial charge in [0.2, 0.25) is 5.24 Å². The normalized spacial score (nSPS) is 7.00. The third kappa shape index (κ3) is 107. The summed E-state index contributed by atoms with van der Waals surface area (Å²) in [6, 6.07) is 0. The first-order chi connectivity index (χ1) is 4.00. The van der Waals surface area contributed by atoms with Crippen LogP contribution in [0.25, 0.3) is 0 Å². The summed E-state index contributed by atoms with van der Waals surface area (Å²) in [5.74, 6) is -0.833. The Hall–Kier alpha value is -0.570. The van der Waals surface area contributed by atoms with Gasteiger partial charge >= 0.3 is 0 Å². The van der Waals surface area contributed by atoms with E-state index in [1.807, 2.05) is 0 Å². The Kier molecular flexibility index (Phi) is 9.29. The summed E-state index contributed by atoms with van der Waals surface area (Å²) in [5, 5.41) is 7.14. The number of carboxylic acids is 1. The van der Waals surface area contributed by atoms with E-state index < -0.39 is 5.97 Å². The number of carbonyl (C=O) groups is 2. The van der Waals surface area contributed by atoms with Gasteiger partial charge in [0.25, 0.3) is 5.97 Å². The van der Waals surface area contributed by atoms with Crippen molar-refractivity contribution in [3.8, 4) is 0 Å². The van der Waals surface area contributed by atoms with Crippen LogP contribution >= 0.6 is 11.6 Å². The number of rotatable bonds is 1. The molecule has 0 amide bonds. The minimum atomic E-state index is -0.833. The quantitative estimate of drug-likeness (QED) is 0.576. The second-order valence-electron chi connectivity index (χ2n) is 1.23. The van der Waals surface area contributed by atoms with Gasteiger partial charge in [0.05, 0.1) is 0 Å². The molecule has 0 spiro atoms. The highest BCUT2D eigenvalue weighted by Gasteiger charge is 1.81. The van der Waals surface area contributed by atoms with Crippen molar-refractivity contribution in [1.82, 2.24) is 0 Å². The molecule has 0 aromatic rings. The fourth-order valence-corrected chi connectivity index (χ4v) is 0. The maximum atomic E-state index is 9.58. The molecule has 9 heavy (non-hydrogen) atoms. The Morgan fingerprint density at radius 1 is 1.56 bits per heavy atom. The number of carboxylic acid groups (broad SMARTS) is 1. The number of aliphatic carboxylic acids is 1. The summed E-state index contributed by atoms with van der Waals surface area (Å²) in [5.41, 5.74) is 0. The van der Waals surface area contributed by atoms with E-state index in [1.165, 1.54) is 0 Å². The SMILES string of the molecule is CC(=O)O.CCC(=O)Cl. The number of hydrogen-bond acceptors (Lipinski definition) is 2. The average Bonchev–Trinajstić information content (AvgIpc) is 1.65. The third-order valence-electron chi connectivity index (χ3n) is 0.278. The zero-order chi connectivity index (χ0) is 7.86. The summed E-state index contributed by atoms with van der Waals surface area (Å²) < 4.78 is 0. The number of halogens is 1. The fourth-order valence-electron chi connectivity index (χ4n) is 0. The highest BCUT2D eigenvalue weighted by Crippen LogP contribution is 1.81. The topological polar surface area (TPSA) is 54.4 Å². The number of carbonyl (C=O) groups excluding carboxylic acids is 1. The highest BCUT2D eigenvalue weighted by molar-refractivity contribution is 6.63.